The molecule has 8 nitrogen and oxygen atoms in total. The number of H-pyrrole nitrogens is 1. The van der Waals surface area contributed by atoms with E-state index in [-0.39, 0.29) is 24.0 Å². The average molecular weight is 335 g/mol. The van der Waals surface area contributed by atoms with E-state index in [1.54, 1.807) is 6.92 Å². The molecule has 0 aromatic carbocycles. The van der Waals surface area contributed by atoms with Crippen LogP contribution in [0.5, 0.6) is 0 Å². The molecule has 3 heterocycles. The predicted molar refractivity (Wildman–Crippen MR) is 86.0 cm³/mol. The fraction of sp³-hybridized carbons (Fsp3) is 0.750. The van der Waals surface area contributed by atoms with Gasteiger partial charge in [-0.3, -0.25) is 14.7 Å². The number of ether oxygens (including phenoxy) is 1. The lowest BCUT2D eigenvalue weighted by molar-refractivity contribution is -0.142. The minimum Gasteiger partial charge on any atom is -0.366 e. The molecule has 0 spiro atoms. The lowest BCUT2D eigenvalue weighted by Gasteiger charge is -2.37. The van der Waals surface area contributed by atoms with E-state index in [0.717, 1.165) is 31.6 Å². The average Bonchev–Trinajstić information content (AvgIpc) is 3.02. The maximum absolute atomic E-state index is 12.7. The summed E-state index contributed by atoms with van der Waals surface area (Å²) in [5.41, 5.74) is 0. The third-order valence-corrected chi connectivity index (χ3v) is 4.76. The van der Waals surface area contributed by atoms with Crippen LogP contribution in [-0.2, 0) is 14.3 Å². The highest BCUT2D eigenvalue weighted by molar-refractivity contribution is 5.79. The summed E-state index contributed by atoms with van der Waals surface area (Å²) in [5, 5.41) is 6.94. The van der Waals surface area contributed by atoms with E-state index in [2.05, 4.69) is 15.2 Å². The molecule has 1 N–H and O–H groups in total. The maximum Gasteiger partial charge on any atom is 0.224 e. The number of aryl methyl sites for hydroxylation is 1. The SMILES string of the molecule is CC(=O)N1CCCC[C@@H]1CC(=O)N1CCO[C@@H](c2n[nH]c(C)n2)C1. The van der Waals surface area contributed by atoms with E-state index < -0.39 is 0 Å². The zero-order valence-electron chi connectivity index (χ0n) is 14.3. The van der Waals surface area contributed by atoms with E-state index in [0.29, 0.717) is 31.9 Å². The first-order valence-corrected chi connectivity index (χ1v) is 8.60. The Labute approximate surface area is 141 Å². The summed E-state index contributed by atoms with van der Waals surface area (Å²) < 4.78 is 5.70. The number of amides is 2. The molecule has 2 saturated heterocycles. The minimum absolute atomic E-state index is 0.0239. The molecule has 0 saturated carbocycles. The van der Waals surface area contributed by atoms with Gasteiger partial charge < -0.3 is 14.5 Å². The van der Waals surface area contributed by atoms with Crippen LogP contribution in [0.1, 0.15) is 50.4 Å². The number of morpholine rings is 1. The van der Waals surface area contributed by atoms with E-state index in [4.69, 9.17) is 4.74 Å². The van der Waals surface area contributed by atoms with E-state index in [1.165, 1.54) is 0 Å². The van der Waals surface area contributed by atoms with Crippen molar-refractivity contribution in [3.63, 3.8) is 0 Å². The number of carbonyl (C=O) groups is 2. The quantitative estimate of drug-likeness (QED) is 0.882. The molecule has 1 aromatic heterocycles. The van der Waals surface area contributed by atoms with Crippen LogP contribution in [0.3, 0.4) is 0 Å². The van der Waals surface area contributed by atoms with Crippen LogP contribution in [0.4, 0.5) is 0 Å². The van der Waals surface area contributed by atoms with Gasteiger partial charge in [0.05, 0.1) is 13.2 Å². The number of nitrogens with one attached hydrogen (secondary N) is 1. The zero-order valence-corrected chi connectivity index (χ0v) is 14.3. The Morgan fingerprint density at radius 1 is 1.33 bits per heavy atom. The molecule has 2 amide bonds. The number of hydrogen-bond acceptors (Lipinski definition) is 5. The zero-order chi connectivity index (χ0) is 17.1. The Morgan fingerprint density at radius 3 is 2.88 bits per heavy atom. The van der Waals surface area contributed by atoms with Crippen molar-refractivity contribution in [2.75, 3.05) is 26.2 Å². The van der Waals surface area contributed by atoms with Crippen molar-refractivity contribution in [3.8, 4) is 0 Å². The number of aromatic nitrogens is 3. The lowest BCUT2D eigenvalue weighted by atomic mass is 9.98. The third-order valence-electron chi connectivity index (χ3n) is 4.76. The lowest BCUT2D eigenvalue weighted by Crippen LogP contribution is -2.48. The topological polar surface area (TPSA) is 91.4 Å². The molecule has 132 valence electrons. The van der Waals surface area contributed by atoms with Gasteiger partial charge in [0.15, 0.2) is 5.82 Å². The Hall–Kier alpha value is -1.96. The first-order valence-electron chi connectivity index (χ1n) is 8.60. The molecular weight excluding hydrogens is 310 g/mol. The Morgan fingerprint density at radius 2 is 2.17 bits per heavy atom. The van der Waals surface area contributed by atoms with Crippen molar-refractivity contribution in [1.29, 1.82) is 0 Å². The summed E-state index contributed by atoms with van der Waals surface area (Å²) in [7, 11) is 0. The minimum atomic E-state index is -0.289. The van der Waals surface area contributed by atoms with Crippen LogP contribution in [-0.4, -0.2) is 69.1 Å². The largest absolute Gasteiger partial charge is 0.366 e. The van der Waals surface area contributed by atoms with Crippen LogP contribution in [0.2, 0.25) is 0 Å². The van der Waals surface area contributed by atoms with Crippen molar-refractivity contribution in [3.05, 3.63) is 11.6 Å². The number of hydrogen-bond donors (Lipinski definition) is 1. The van der Waals surface area contributed by atoms with Crippen molar-refractivity contribution >= 4 is 11.8 Å². The highest BCUT2D eigenvalue weighted by Crippen LogP contribution is 2.23. The highest BCUT2D eigenvalue weighted by Gasteiger charge is 2.32. The molecule has 0 aliphatic carbocycles. The summed E-state index contributed by atoms with van der Waals surface area (Å²) in [6.45, 7) is 5.69. The fourth-order valence-electron chi connectivity index (χ4n) is 3.49. The summed E-state index contributed by atoms with van der Waals surface area (Å²) in [5.74, 6) is 1.46. The van der Waals surface area contributed by atoms with E-state index in [9.17, 15) is 9.59 Å². The first-order chi connectivity index (χ1) is 11.5. The molecule has 1 aromatic rings. The van der Waals surface area contributed by atoms with Crippen molar-refractivity contribution in [2.24, 2.45) is 0 Å². The second kappa shape index (κ2) is 7.29. The smallest absolute Gasteiger partial charge is 0.224 e. The van der Waals surface area contributed by atoms with Gasteiger partial charge in [-0.1, -0.05) is 0 Å². The molecule has 2 aliphatic heterocycles. The number of likely N-dealkylation sites (tertiary alicyclic amines) is 1. The summed E-state index contributed by atoms with van der Waals surface area (Å²) in [6.07, 6.45) is 3.10. The van der Waals surface area contributed by atoms with Gasteiger partial charge >= 0.3 is 0 Å². The summed E-state index contributed by atoms with van der Waals surface area (Å²) in [6, 6.07) is 0.0239. The number of nitrogens with zero attached hydrogens (tertiary/aromatic N) is 4. The Kier molecular flexibility index (Phi) is 5.13. The maximum atomic E-state index is 12.7. The van der Waals surface area contributed by atoms with E-state index in [1.807, 2.05) is 16.7 Å². The van der Waals surface area contributed by atoms with Gasteiger partial charge in [0.25, 0.3) is 0 Å². The van der Waals surface area contributed by atoms with Gasteiger partial charge in [0.1, 0.15) is 11.9 Å². The number of piperidine rings is 1. The molecular formula is C16H25N5O3. The van der Waals surface area contributed by atoms with Crippen molar-refractivity contribution in [1.82, 2.24) is 25.0 Å². The molecule has 0 bridgehead atoms. The van der Waals surface area contributed by atoms with Gasteiger partial charge in [-0.05, 0) is 26.2 Å². The van der Waals surface area contributed by atoms with Crippen LogP contribution >= 0.6 is 0 Å². The molecule has 0 radical (unpaired) electrons. The molecule has 8 heteroatoms. The monoisotopic (exact) mass is 335 g/mol. The molecule has 2 atom stereocenters. The van der Waals surface area contributed by atoms with Crippen LogP contribution in [0.25, 0.3) is 0 Å². The molecule has 2 aliphatic rings. The van der Waals surface area contributed by atoms with Crippen LogP contribution in [0, 0.1) is 6.92 Å². The highest BCUT2D eigenvalue weighted by atomic mass is 16.5. The molecule has 0 unspecified atom stereocenters. The number of rotatable bonds is 3. The van der Waals surface area contributed by atoms with Gasteiger partial charge in [-0.2, -0.15) is 5.10 Å². The Bertz CT molecular complexity index is 602. The van der Waals surface area contributed by atoms with Gasteiger partial charge in [0, 0.05) is 32.5 Å². The summed E-state index contributed by atoms with van der Waals surface area (Å²) >= 11 is 0. The van der Waals surface area contributed by atoms with E-state index >= 15 is 0 Å². The van der Waals surface area contributed by atoms with Gasteiger partial charge in [-0.25, -0.2) is 4.98 Å². The predicted octanol–water partition coefficient (Wildman–Crippen LogP) is 0.804. The second-order valence-corrected chi connectivity index (χ2v) is 6.54. The summed E-state index contributed by atoms with van der Waals surface area (Å²) in [4.78, 5) is 32.4. The molecule has 2 fully saturated rings. The van der Waals surface area contributed by atoms with Crippen molar-refractivity contribution in [2.45, 2.75) is 51.7 Å². The third kappa shape index (κ3) is 3.75. The fourth-order valence-corrected chi connectivity index (χ4v) is 3.49. The van der Waals surface area contributed by atoms with Gasteiger partial charge in [0.2, 0.25) is 11.8 Å². The second-order valence-electron chi connectivity index (χ2n) is 6.54. The number of aromatic amines is 1. The normalized spacial score (nSPS) is 24.9. The Balaban J connectivity index is 1.60. The standard InChI is InChI=1S/C16H25N5O3/c1-11-17-16(19-18-11)14-10-20(7-8-24-14)15(23)9-13-5-3-4-6-21(13)12(2)22/h13-14H,3-10H2,1-2H3,(H,17,18,19)/t13-,14-/m1/s1. The molecule has 24 heavy (non-hydrogen) atoms. The first kappa shape index (κ1) is 16.9. The number of carbonyl (C=O) groups excluding carboxylic acids is 2. The van der Waals surface area contributed by atoms with Crippen LogP contribution < -0.4 is 0 Å². The van der Waals surface area contributed by atoms with Crippen LogP contribution in [0.15, 0.2) is 0 Å². The molecule has 3 rings (SSSR count). The van der Waals surface area contributed by atoms with Gasteiger partial charge in [-0.15, -0.1) is 0 Å². The van der Waals surface area contributed by atoms with Crippen molar-refractivity contribution < 1.29 is 14.3 Å².